The summed E-state index contributed by atoms with van der Waals surface area (Å²) in [5.74, 6) is -0.396. The number of rotatable bonds is 2. The third-order valence-electron chi connectivity index (χ3n) is 2.25. The fourth-order valence-electron chi connectivity index (χ4n) is 1.38. The molecule has 0 fully saturated rings. The van der Waals surface area contributed by atoms with Gasteiger partial charge in [-0.05, 0) is 24.3 Å². The molecule has 1 N–H and O–H groups in total. The number of halogens is 1. The Morgan fingerprint density at radius 3 is 2.47 bits per heavy atom. The van der Waals surface area contributed by atoms with E-state index >= 15 is 0 Å². The summed E-state index contributed by atoms with van der Waals surface area (Å²) in [6.45, 7) is 0. The van der Waals surface area contributed by atoms with Crippen LogP contribution in [-0.4, -0.2) is 16.7 Å². The molecule has 0 radical (unpaired) electrons. The van der Waals surface area contributed by atoms with E-state index in [-0.39, 0.29) is 0 Å². The lowest BCUT2D eigenvalue weighted by Gasteiger charge is -2.05. The number of methoxy groups -OCH3 is 1. The maximum atomic E-state index is 13.1. The summed E-state index contributed by atoms with van der Waals surface area (Å²) in [4.78, 5) is 24.2. The van der Waals surface area contributed by atoms with Gasteiger partial charge in [0.15, 0.2) is 0 Å². The molecule has 0 aliphatic rings. The molecule has 0 unspecified atom stereocenters. The van der Waals surface area contributed by atoms with Crippen LogP contribution in [0.1, 0.15) is 0 Å². The molecular formula is C11H9FN2O3. The van der Waals surface area contributed by atoms with Crippen LogP contribution in [0, 0.1) is 5.82 Å². The average Bonchev–Trinajstić information content (AvgIpc) is 2.34. The summed E-state index contributed by atoms with van der Waals surface area (Å²) in [6, 6.07) is 6.42. The van der Waals surface area contributed by atoms with Crippen LogP contribution in [0.15, 0.2) is 40.1 Å². The van der Waals surface area contributed by atoms with Gasteiger partial charge in [-0.2, -0.15) is 4.39 Å². The Morgan fingerprint density at radius 2 is 1.88 bits per heavy atom. The Labute approximate surface area is 95.1 Å². The Morgan fingerprint density at radius 1 is 1.24 bits per heavy atom. The van der Waals surface area contributed by atoms with E-state index in [4.69, 9.17) is 4.74 Å². The number of nitrogens with zero attached hydrogens (tertiary/aromatic N) is 1. The van der Waals surface area contributed by atoms with Gasteiger partial charge in [-0.1, -0.05) is 0 Å². The van der Waals surface area contributed by atoms with Gasteiger partial charge in [-0.25, -0.2) is 4.79 Å². The molecule has 0 amide bonds. The number of H-pyrrole nitrogens is 1. The fraction of sp³-hybridized carbons (Fsp3) is 0.0909. The van der Waals surface area contributed by atoms with E-state index in [1.807, 2.05) is 4.98 Å². The van der Waals surface area contributed by atoms with Crippen molar-refractivity contribution in [1.82, 2.24) is 9.55 Å². The molecule has 2 rings (SSSR count). The molecule has 17 heavy (non-hydrogen) atoms. The molecule has 0 saturated carbocycles. The Kier molecular flexibility index (Phi) is 2.78. The predicted molar refractivity (Wildman–Crippen MR) is 59.2 cm³/mol. The van der Waals surface area contributed by atoms with Gasteiger partial charge in [0.2, 0.25) is 5.82 Å². The quantitative estimate of drug-likeness (QED) is 0.833. The summed E-state index contributed by atoms with van der Waals surface area (Å²) in [5, 5.41) is 0. The van der Waals surface area contributed by atoms with E-state index in [9.17, 15) is 14.0 Å². The van der Waals surface area contributed by atoms with E-state index in [0.717, 1.165) is 10.8 Å². The minimum Gasteiger partial charge on any atom is -0.497 e. The van der Waals surface area contributed by atoms with Crippen molar-refractivity contribution in [2.75, 3.05) is 7.11 Å². The number of nitrogens with one attached hydrogen (secondary N) is 1. The maximum absolute atomic E-state index is 13.1. The second kappa shape index (κ2) is 4.25. The van der Waals surface area contributed by atoms with Crippen LogP contribution in [0.3, 0.4) is 0 Å². The van der Waals surface area contributed by atoms with Crippen LogP contribution in [0.5, 0.6) is 5.75 Å². The Hall–Kier alpha value is -2.37. The average molecular weight is 236 g/mol. The lowest BCUT2D eigenvalue weighted by molar-refractivity contribution is 0.414. The smallest absolute Gasteiger partial charge is 0.333 e. The largest absolute Gasteiger partial charge is 0.497 e. The molecule has 2 aromatic rings. The molecule has 0 bridgehead atoms. The number of aromatic amines is 1. The van der Waals surface area contributed by atoms with Crippen molar-refractivity contribution in [3.63, 3.8) is 0 Å². The summed E-state index contributed by atoms with van der Waals surface area (Å²) in [6.07, 6.45) is 0.850. The lowest BCUT2D eigenvalue weighted by Crippen LogP contribution is -2.30. The van der Waals surface area contributed by atoms with Crippen molar-refractivity contribution in [2.45, 2.75) is 0 Å². The standard InChI is InChI=1S/C11H9FN2O3/c1-17-8-4-2-7(3-5-8)14-6-9(12)10(15)13-11(14)16/h2-6H,1H3,(H,13,15,16). The van der Waals surface area contributed by atoms with Gasteiger partial charge >= 0.3 is 5.69 Å². The Bertz CT molecular complexity index is 643. The molecule has 6 heteroatoms. The van der Waals surface area contributed by atoms with E-state index < -0.39 is 17.1 Å². The van der Waals surface area contributed by atoms with Crippen molar-refractivity contribution in [3.8, 4) is 11.4 Å². The van der Waals surface area contributed by atoms with Gasteiger partial charge in [0.1, 0.15) is 5.75 Å². The third-order valence-corrected chi connectivity index (χ3v) is 2.25. The fourth-order valence-corrected chi connectivity index (χ4v) is 1.38. The molecule has 0 aliphatic carbocycles. The van der Waals surface area contributed by atoms with Gasteiger partial charge in [0.05, 0.1) is 19.0 Å². The molecule has 1 aromatic heterocycles. The second-order valence-corrected chi connectivity index (χ2v) is 3.30. The SMILES string of the molecule is COc1ccc(-n2cc(F)c(=O)[nH]c2=O)cc1. The van der Waals surface area contributed by atoms with Crippen LogP contribution in [0.2, 0.25) is 0 Å². The highest BCUT2D eigenvalue weighted by Gasteiger charge is 2.05. The van der Waals surface area contributed by atoms with Crippen molar-refractivity contribution >= 4 is 0 Å². The summed E-state index contributed by atoms with van der Waals surface area (Å²) < 4.78 is 19.0. The van der Waals surface area contributed by atoms with E-state index in [1.54, 1.807) is 24.3 Å². The number of ether oxygens (including phenoxy) is 1. The van der Waals surface area contributed by atoms with Crippen LogP contribution >= 0.6 is 0 Å². The number of benzene rings is 1. The molecule has 5 nitrogen and oxygen atoms in total. The highest BCUT2D eigenvalue weighted by molar-refractivity contribution is 5.37. The summed E-state index contributed by atoms with van der Waals surface area (Å²) >= 11 is 0. The zero-order valence-electron chi connectivity index (χ0n) is 8.94. The molecule has 0 aliphatic heterocycles. The highest BCUT2D eigenvalue weighted by Crippen LogP contribution is 2.13. The predicted octanol–water partition coefficient (Wildman–Crippen LogP) is 0.673. The zero-order valence-corrected chi connectivity index (χ0v) is 8.94. The number of hydrogen-bond acceptors (Lipinski definition) is 3. The second-order valence-electron chi connectivity index (χ2n) is 3.30. The normalized spacial score (nSPS) is 10.2. The molecule has 88 valence electrons. The zero-order chi connectivity index (χ0) is 12.4. The molecular weight excluding hydrogens is 227 g/mol. The first-order valence-corrected chi connectivity index (χ1v) is 4.78. The monoisotopic (exact) mass is 236 g/mol. The van der Waals surface area contributed by atoms with Gasteiger partial charge in [-0.3, -0.25) is 14.3 Å². The van der Waals surface area contributed by atoms with Gasteiger partial charge < -0.3 is 4.74 Å². The van der Waals surface area contributed by atoms with Crippen molar-refractivity contribution < 1.29 is 9.13 Å². The van der Waals surface area contributed by atoms with Crippen LogP contribution in [0.4, 0.5) is 4.39 Å². The summed E-state index contributed by atoms with van der Waals surface area (Å²) in [7, 11) is 1.51. The first-order chi connectivity index (χ1) is 8.11. The van der Waals surface area contributed by atoms with E-state index in [0.29, 0.717) is 11.4 Å². The van der Waals surface area contributed by atoms with E-state index in [2.05, 4.69) is 0 Å². The first kappa shape index (κ1) is 11.1. The van der Waals surface area contributed by atoms with E-state index in [1.165, 1.54) is 7.11 Å². The number of hydrogen-bond donors (Lipinski definition) is 1. The number of aromatic nitrogens is 2. The minimum atomic E-state index is -1.03. The van der Waals surface area contributed by atoms with Gasteiger partial charge in [0, 0.05) is 0 Å². The molecule has 1 heterocycles. The molecule has 0 spiro atoms. The van der Waals surface area contributed by atoms with Crippen molar-refractivity contribution in [2.24, 2.45) is 0 Å². The van der Waals surface area contributed by atoms with Gasteiger partial charge in [0.25, 0.3) is 5.56 Å². The topological polar surface area (TPSA) is 64.1 Å². The van der Waals surface area contributed by atoms with Crippen molar-refractivity contribution in [1.29, 1.82) is 0 Å². The first-order valence-electron chi connectivity index (χ1n) is 4.78. The Balaban J connectivity index is 2.56. The highest BCUT2D eigenvalue weighted by atomic mass is 19.1. The lowest BCUT2D eigenvalue weighted by atomic mass is 10.3. The maximum Gasteiger partial charge on any atom is 0.333 e. The minimum absolute atomic E-state index is 0.436. The molecule has 1 aromatic carbocycles. The third kappa shape index (κ3) is 2.10. The van der Waals surface area contributed by atoms with Gasteiger partial charge in [-0.15, -0.1) is 0 Å². The molecule has 0 saturated heterocycles. The van der Waals surface area contributed by atoms with Crippen molar-refractivity contribution in [3.05, 3.63) is 57.1 Å². The summed E-state index contributed by atoms with van der Waals surface area (Å²) in [5.41, 5.74) is -1.28. The molecule has 0 atom stereocenters. The van der Waals surface area contributed by atoms with Crippen LogP contribution in [0.25, 0.3) is 5.69 Å². The van der Waals surface area contributed by atoms with Crippen LogP contribution in [-0.2, 0) is 0 Å². The van der Waals surface area contributed by atoms with Crippen LogP contribution < -0.4 is 16.0 Å².